The van der Waals surface area contributed by atoms with E-state index in [9.17, 15) is 15.3 Å². The highest BCUT2D eigenvalue weighted by Crippen LogP contribution is 2.37. The van der Waals surface area contributed by atoms with E-state index in [1.54, 1.807) is 6.07 Å². The average Bonchev–Trinajstić information content (AvgIpc) is 3.51. The fourth-order valence-corrected chi connectivity index (χ4v) is 3.64. The third kappa shape index (κ3) is 3.59. The van der Waals surface area contributed by atoms with Gasteiger partial charge in [0.25, 0.3) is 0 Å². The lowest BCUT2D eigenvalue weighted by atomic mass is 10.1. The molecule has 2 aromatic heterocycles. The van der Waals surface area contributed by atoms with E-state index < -0.39 is 6.09 Å². The highest BCUT2D eigenvalue weighted by Gasteiger charge is 2.27. The van der Waals surface area contributed by atoms with Crippen LogP contribution in [0, 0.1) is 22.7 Å². The third-order valence-corrected chi connectivity index (χ3v) is 5.48. The Bertz CT molecular complexity index is 1320. The van der Waals surface area contributed by atoms with Crippen molar-refractivity contribution >= 4 is 46.5 Å². The van der Waals surface area contributed by atoms with Gasteiger partial charge in [-0.1, -0.05) is 11.6 Å². The number of rotatable bonds is 5. The third-order valence-electron chi connectivity index (χ3n) is 5.09. The second-order valence-electron chi connectivity index (χ2n) is 7.41. The summed E-state index contributed by atoms with van der Waals surface area (Å²) in [6, 6.07) is 7.50. The molecule has 3 aromatic rings. The largest absolute Gasteiger partial charge is 0.449 e. The Morgan fingerprint density at radius 3 is 2.81 bits per heavy atom. The molecule has 2 fully saturated rings. The lowest BCUT2D eigenvalue weighted by molar-refractivity contribution is 0.140. The number of ether oxygens (including phenoxy) is 1. The molecule has 5 rings (SSSR count). The predicted molar refractivity (Wildman–Crippen MR) is 115 cm³/mol. The Kier molecular flexibility index (Phi) is 4.88. The van der Waals surface area contributed by atoms with Gasteiger partial charge in [-0.05, 0) is 31.4 Å². The fraction of sp³-hybridized carbons (Fsp3) is 0.300. The van der Waals surface area contributed by atoms with E-state index in [0.29, 0.717) is 54.0 Å². The van der Waals surface area contributed by atoms with Crippen LogP contribution >= 0.6 is 11.6 Å². The lowest BCUT2D eigenvalue weighted by Gasteiger charge is -2.28. The lowest BCUT2D eigenvalue weighted by Crippen LogP contribution is -2.38. The number of aromatic nitrogens is 4. The summed E-state index contributed by atoms with van der Waals surface area (Å²) in [7, 11) is 0. The number of carbonyl (C=O) groups excluding carboxylic acids is 1. The van der Waals surface area contributed by atoms with Crippen LogP contribution in [0.3, 0.4) is 0 Å². The van der Waals surface area contributed by atoms with Gasteiger partial charge < -0.3 is 15.4 Å². The van der Waals surface area contributed by atoms with Crippen LogP contribution in [0.4, 0.5) is 27.9 Å². The van der Waals surface area contributed by atoms with Crippen molar-refractivity contribution in [3.63, 3.8) is 0 Å². The summed E-state index contributed by atoms with van der Waals surface area (Å²) >= 11 is 6.61. The summed E-state index contributed by atoms with van der Waals surface area (Å²) in [6.07, 6.45) is 3.60. The molecule has 11 nitrogen and oxygen atoms in total. The molecule has 0 spiro atoms. The summed E-state index contributed by atoms with van der Waals surface area (Å²) in [5, 5.41) is 29.8. The summed E-state index contributed by atoms with van der Waals surface area (Å²) < 4.78 is 6.50. The number of cyclic esters (lactones) is 1. The molecule has 2 N–H and O–H groups in total. The molecule has 0 unspecified atom stereocenters. The zero-order valence-corrected chi connectivity index (χ0v) is 17.4. The number of anilines is 4. The average molecular weight is 450 g/mol. The first-order chi connectivity index (χ1) is 15.6. The van der Waals surface area contributed by atoms with Crippen LogP contribution in [-0.2, 0) is 4.74 Å². The molecule has 0 bridgehead atoms. The number of carbonyl (C=O) groups is 1. The summed E-state index contributed by atoms with van der Waals surface area (Å²) in [5.74, 6) is 0.637. The number of fused-ring (bicyclic) bond motifs is 1. The monoisotopic (exact) mass is 449 g/mol. The van der Waals surface area contributed by atoms with Crippen molar-refractivity contribution in [3.05, 3.63) is 34.6 Å². The minimum atomic E-state index is -0.523. The molecule has 1 aliphatic carbocycles. The van der Waals surface area contributed by atoms with Crippen molar-refractivity contribution in [1.29, 1.82) is 10.5 Å². The van der Waals surface area contributed by atoms with Crippen LogP contribution in [0.25, 0.3) is 5.65 Å². The number of amides is 1. The number of imidazole rings is 1. The minimum absolute atomic E-state index is 0.152. The van der Waals surface area contributed by atoms with Gasteiger partial charge in [-0.2, -0.15) is 20.0 Å². The molecule has 32 heavy (non-hydrogen) atoms. The summed E-state index contributed by atoms with van der Waals surface area (Å²) in [5.41, 5.74) is 1.68. The first kappa shape index (κ1) is 19.8. The van der Waals surface area contributed by atoms with E-state index in [2.05, 4.69) is 37.8 Å². The van der Waals surface area contributed by atoms with Crippen LogP contribution in [0.2, 0.25) is 5.02 Å². The zero-order chi connectivity index (χ0) is 22.2. The smallest absolute Gasteiger partial charge is 0.414 e. The van der Waals surface area contributed by atoms with E-state index in [0.717, 1.165) is 12.8 Å². The van der Waals surface area contributed by atoms with Crippen LogP contribution in [0.1, 0.15) is 30.5 Å². The quantitative estimate of drug-likeness (QED) is 0.599. The van der Waals surface area contributed by atoms with Crippen molar-refractivity contribution in [2.24, 2.45) is 0 Å². The number of halogens is 1. The van der Waals surface area contributed by atoms with E-state index in [-0.39, 0.29) is 16.7 Å². The molecule has 0 radical (unpaired) electrons. The SMILES string of the molecule is N#Cc1cc(Nc2nc(NC3CC3)c3ncc(C#N)n3n2)c(Cl)c(N2CCCOC2=O)c1. The number of nitriles is 2. The summed E-state index contributed by atoms with van der Waals surface area (Å²) in [4.78, 5) is 22.4. The molecular weight excluding hydrogens is 434 g/mol. The number of hydrogen-bond donors (Lipinski definition) is 2. The Balaban J connectivity index is 1.57. The summed E-state index contributed by atoms with van der Waals surface area (Å²) in [6.45, 7) is 0.762. The molecule has 3 heterocycles. The molecule has 160 valence electrons. The molecule has 1 aliphatic heterocycles. The molecule has 1 saturated carbocycles. The molecule has 12 heteroatoms. The molecule has 1 aromatic carbocycles. The standard InChI is InChI=1S/C20H16ClN9O2/c21-16-14(6-11(8-22)7-15(16)29-4-1-5-32-20(29)31)26-19-27-17(25-12-2-3-12)18-24-10-13(9-23)30(18)28-19/h6-7,10,12H,1-5H2,(H2,25,26,27,28). The maximum absolute atomic E-state index is 12.2. The van der Waals surface area contributed by atoms with Crippen molar-refractivity contribution < 1.29 is 9.53 Å². The first-order valence-electron chi connectivity index (χ1n) is 9.94. The number of benzene rings is 1. The number of nitrogens with one attached hydrogen (secondary N) is 2. The van der Waals surface area contributed by atoms with E-state index in [1.807, 2.05) is 0 Å². The van der Waals surface area contributed by atoms with Crippen molar-refractivity contribution in [3.8, 4) is 12.1 Å². The second-order valence-corrected chi connectivity index (χ2v) is 7.78. The zero-order valence-electron chi connectivity index (χ0n) is 16.7. The number of nitrogens with zero attached hydrogens (tertiary/aromatic N) is 7. The molecule has 1 amide bonds. The van der Waals surface area contributed by atoms with Gasteiger partial charge >= 0.3 is 6.09 Å². The van der Waals surface area contributed by atoms with Gasteiger partial charge in [0.05, 0.1) is 40.8 Å². The van der Waals surface area contributed by atoms with Crippen molar-refractivity contribution in [1.82, 2.24) is 19.6 Å². The minimum Gasteiger partial charge on any atom is -0.449 e. The van der Waals surface area contributed by atoms with Gasteiger partial charge in [-0.25, -0.2) is 9.78 Å². The maximum atomic E-state index is 12.2. The van der Waals surface area contributed by atoms with Gasteiger partial charge in [0.1, 0.15) is 6.07 Å². The fourth-order valence-electron chi connectivity index (χ4n) is 3.38. The Hall–Kier alpha value is -4.09. The van der Waals surface area contributed by atoms with Crippen molar-refractivity contribution in [2.75, 3.05) is 28.7 Å². The normalized spacial score (nSPS) is 15.7. The van der Waals surface area contributed by atoms with Gasteiger partial charge in [0, 0.05) is 12.6 Å². The van der Waals surface area contributed by atoms with E-state index in [1.165, 1.54) is 21.7 Å². The molecular formula is C20H16ClN9O2. The van der Waals surface area contributed by atoms with Gasteiger partial charge in [-0.15, -0.1) is 5.10 Å². The van der Waals surface area contributed by atoms with Crippen LogP contribution in [-0.4, -0.2) is 44.9 Å². The Morgan fingerprint density at radius 1 is 1.25 bits per heavy atom. The molecule has 1 saturated heterocycles. The predicted octanol–water partition coefficient (Wildman–Crippen LogP) is 3.19. The van der Waals surface area contributed by atoms with Gasteiger partial charge in [-0.3, -0.25) is 4.90 Å². The van der Waals surface area contributed by atoms with Crippen LogP contribution in [0.5, 0.6) is 0 Å². The molecule has 2 aliphatic rings. The van der Waals surface area contributed by atoms with Gasteiger partial charge in [0.15, 0.2) is 17.2 Å². The Morgan fingerprint density at radius 2 is 2.09 bits per heavy atom. The van der Waals surface area contributed by atoms with Crippen LogP contribution < -0.4 is 15.5 Å². The van der Waals surface area contributed by atoms with Gasteiger partial charge in [0.2, 0.25) is 5.95 Å². The maximum Gasteiger partial charge on any atom is 0.414 e. The van der Waals surface area contributed by atoms with Crippen molar-refractivity contribution in [2.45, 2.75) is 25.3 Å². The highest BCUT2D eigenvalue weighted by atomic mass is 35.5. The second kappa shape index (κ2) is 7.87. The first-order valence-corrected chi connectivity index (χ1v) is 10.3. The van der Waals surface area contributed by atoms with E-state index >= 15 is 0 Å². The topological polar surface area (TPSA) is 144 Å². The van der Waals surface area contributed by atoms with Crippen LogP contribution in [0.15, 0.2) is 18.3 Å². The molecule has 0 atom stereocenters. The van der Waals surface area contributed by atoms with E-state index in [4.69, 9.17) is 16.3 Å². The highest BCUT2D eigenvalue weighted by molar-refractivity contribution is 6.36. The number of hydrogen-bond acceptors (Lipinski definition) is 9. The Labute approximate surface area is 187 Å².